The van der Waals surface area contributed by atoms with Crippen molar-refractivity contribution in [3.63, 3.8) is 0 Å². The largest absolute Gasteiger partial charge is 0.497 e. The minimum absolute atomic E-state index is 0.380. The van der Waals surface area contributed by atoms with E-state index in [1.54, 1.807) is 49.6 Å². The molecule has 0 radical (unpaired) electrons. The van der Waals surface area contributed by atoms with Gasteiger partial charge in [-0.05, 0) is 56.3 Å². The molecular formula is C20H22ClNO6. The van der Waals surface area contributed by atoms with E-state index >= 15 is 0 Å². The number of anilines is 1. The van der Waals surface area contributed by atoms with Crippen LogP contribution >= 0.6 is 11.6 Å². The van der Waals surface area contributed by atoms with Gasteiger partial charge in [0.15, 0.2) is 12.2 Å². The first-order chi connectivity index (χ1) is 13.3. The van der Waals surface area contributed by atoms with Crippen LogP contribution in [0.15, 0.2) is 42.5 Å². The van der Waals surface area contributed by atoms with Crippen molar-refractivity contribution in [1.82, 2.24) is 0 Å². The van der Waals surface area contributed by atoms with Gasteiger partial charge in [-0.3, -0.25) is 4.79 Å². The van der Waals surface area contributed by atoms with E-state index in [1.165, 1.54) is 21.0 Å². The predicted octanol–water partition coefficient (Wildman–Crippen LogP) is 3.69. The molecule has 0 aliphatic carbocycles. The van der Waals surface area contributed by atoms with E-state index in [0.717, 1.165) is 0 Å². The van der Waals surface area contributed by atoms with Crippen molar-refractivity contribution in [2.24, 2.45) is 0 Å². The molecule has 2 atom stereocenters. The molecule has 28 heavy (non-hydrogen) atoms. The minimum atomic E-state index is -1.04. The first kappa shape index (κ1) is 21.4. The number of halogens is 1. The highest BCUT2D eigenvalue weighted by Crippen LogP contribution is 2.28. The Morgan fingerprint density at radius 1 is 0.929 bits per heavy atom. The minimum Gasteiger partial charge on any atom is -0.497 e. The molecule has 0 heterocycles. The van der Waals surface area contributed by atoms with Crippen molar-refractivity contribution in [3.05, 3.63) is 47.5 Å². The van der Waals surface area contributed by atoms with Gasteiger partial charge >= 0.3 is 5.97 Å². The maximum absolute atomic E-state index is 12.3. The van der Waals surface area contributed by atoms with Crippen LogP contribution in [0.3, 0.4) is 0 Å². The number of ether oxygens (including phenoxy) is 4. The number of rotatable bonds is 8. The van der Waals surface area contributed by atoms with Crippen LogP contribution in [-0.4, -0.2) is 38.3 Å². The van der Waals surface area contributed by atoms with Crippen molar-refractivity contribution >= 4 is 29.2 Å². The lowest BCUT2D eigenvalue weighted by Gasteiger charge is -2.18. The van der Waals surface area contributed by atoms with E-state index < -0.39 is 24.1 Å². The van der Waals surface area contributed by atoms with E-state index in [1.807, 2.05) is 0 Å². The fourth-order valence-corrected chi connectivity index (χ4v) is 2.41. The van der Waals surface area contributed by atoms with Gasteiger partial charge in [-0.25, -0.2) is 4.79 Å². The Kier molecular flexibility index (Phi) is 7.52. The van der Waals surface area contributed by atoms with Crippen LogP contribution in [0, 0.1) is 0 Å². The zero-order valence-corrected chi connectivity index (χ0v) is 16.8. The van der Waals surface area contributed by atoms with Crippen LogP contribution in [0.1, 0.15) is 13.8 Å². The van der Waals surface area contributed by atoms with Crippen molar-refractivity contribution in [2.45, 2.75) is 26.1 Å². The third-order valence-corrected chi connectivity index (χ3v) is 4.02. The maximum atomic E-state index is 12.3. The number of methoxy groups -OCH3 is 2. The van der Waals surface area contributed by atoms with Gasteiger partial charge in [-0.2, -0.15) is 0 Å². The highest BCUT2D eigenvalue weighted by molar-refractivity contribution is 6.31. The quantitative estimate of drug-likeness (QED) is 0.672. The third kappa shape index (κ3) is 5.79. The van der Waals surface area contributed by atoms with Gasteiger partial charge in [0.05, 0.1) is 19.9 Å². The summed E-state index contributed by atoms with van der Waals surface area (Å²) in [5.41, 5.74) is 0.380. The van der Waals surface area contributed by atoms with Crippen LogP contribution in [-0.2, 0) is 14.3 Å². The van der Waals surface area contributed by atoms with E-state index in [-0.39, 0.29) is 0 Å². The number of carbonyl (C=O) groups is 2. The molecule has 7 nitrogen and oxygen atoms in total. The molecule has 2 aromatic carbocycles. The lowest BCUT2D eigenvalue weighted by molar-refractivity contribution is -0.159. The normalized spacial score (nSPS) is 12.5. The lowest BCUT2D eigenvalue weighted by Crippen LogP contribution is -2.35. The molecule has 0 fully saturated rings. The first-order valence-corrected chi connectivity index (χ1v) is 8.87. The Bertz CT molecular complexity index is 824. The average molecular weight is 408 g/mol. The average Bonchev–Trinajstić information content (AvgIpc) is 2.68. The Morgan fingerprint density at radius 2 is 1.57 bits per heavy atom. The summed E-state index contributed by atoms with van der Waals surface area (Å²) in [6.07, 6.45) is -1.94. The second kappa shape index (κ2) is 9.85. The molecule has 0 aliphatic rings. The number of hydrogen-bond donors (Lipinski definition) is 1. The summed E-state index contributed by atoms with van der Waals surface area (Å²) in [6.45, 7) is 3.00. The standard InChI is InChI=1S/C20H22ClNO6/c1-12(19(23)22-17-11-14(21)5-10-18(17)26-4)28-20(24)13(2)27-16-8-6-15(25-3)7-9-16/h5-13H,1-4H3,(H,22,23). The fraction of sp³-hybridized carbons (Fsp3) is 0.300. The predicted molar refractivity (Wildman–Crippen MR) is 105 cm³/mol. The van der Waals surface area contributed by atoms with Crippen molar-refractivity contribution in [1.29, 1.82) is 0 Å². The molecule has 0 saturated carbocycles. The summed E-state index contributed by atoms with van der Waals surface area (Å²) in [4.78, 5) is 24.6. The van der Waals surface area contributed by atoms with Crippen molar-refractivity contribution in [2.75, 3.05) is 19.5 Å². The molecule has 0 aromatic heterocycles. The smallest absolute Gasteiger partial charge is 0.347 e. The zero-order chi connectivity index (χ0) is 20.7. The molecular weight excluding hydrogens is 386 g/mol. The summed E-state index contributed by atoms with van der Waals surface area (Å²) in [5, 5.41) is 3.06. The fourth-order valence-electron chi connectivity index (χ4n) is 2.24. The van der Waals surface area contributed by atoms with Gasteiger partial charge in [0.1, 0.15) is 17.2 Å². The molecule has 1 N–H and O–H groups in total. The number of nitrogens with one attached hydrogen (secondary N) is 1. The summed E-state index contributed by atoms with van der Waals surface area (Å²) in [7, 11) is 3.03. The van der Waals surface area contributed by atoms with E-state index in [0.29, 0.717) is 28.0 Å². The molecule has 2 rings (SSSR count). The third-order valence-electron chi connectivity index (χ3n) is 3.79. The topological polar surface area (TPSA) is 83.1 Å². The van der Waals surface area contributed by atoms with E-state index in [9.17, 15) is 9.59 Å². The van der Waals surface area contributed by atoms with Crippen LogP contribution in [0.2, 0.25) is 5.02 Å². The number of carbonyl (C=O) groups excluding carboxylic acids is 2. The van der Waals surface area contributed by atoms with Crippen molar-refractivity contribution < 1.29 is 28.5 Å². The molecule has 150 valence electrons. The molecule has 2 unspecified atom stereocenters. The Labute approximate surface area is 168 Å². The van der Waals surface area contributed by atoms with Crippen LogP contribution < -0.4 is 19.5 Å². The Morgan fingerprint density at radius 3 is 2.18 bits per heavy atom. The molecule has 0 bridgehead atoms. The summed E-state index contributed by atoms with van der Waals surface area (Å²) in [6, 6.07) is 11.6. The first-order valence-electron chi connectivity index (χ1n) is 8.49. The molecule has 0 spiro atoms. The van der Waals surface area contributed by atoms with Gasteiger partial charge < -0.3 is 24.3 Å². The second-order valence-corrected chi connectivity index (χ2v) is 6.29. The van der Waals surface area contributed by atoms with Gasteiger partial charge in [-0.15, -0.1) is 0 Å². The molecule has 1 amide bonds. The summed E-state index contributed by atoms with van der Waals surface area (Å²) in [5.74, 6) is 0.393. The van der Waals surface area contributed by atoms with Crippen LogP contribution in [0.4, 0.5) is 5.69 Å². The molecule has 2 aromatic rings. The monoisotopic (exact) mass is 407 g/mol. The Hall–Kier alpha value is -2.93. The Balaban J connectivity index is 1.93. The van der Waals surface area contributed by atoms with Gasteiger partial charge in [-0.1, -0.05) is 11.6 Å². The lowest BCUT2D eigenvalue weighted by atomic mass is 10.2. The zero-order valence-electron chi connectivity index (χ0n) is 16.0. The maximum Gasteiger partial charge on any atom is 0.347 e. The van der Waals surface area contributed by atoms with E-state index in [2.05, 4.69) is 5.32 Å². The van der Waals surface area contributed by atoms with E-state index in [4.69, 9.17) is 30.5 Å². The molecule has 0 saturated heterocycles. The number of amides is 1. The second-order valence-electron chi connectivity index (χ2n) is 5.85. The number of hydrogen-bond acceptors (Lipinski definition) is 6. The number of esters is 1. The highest BCUT2D eigenvalue weighted by atomic mass is 35.5. The van der Waals surface area contributed by atoms with Crippen LogP contribution in [0.5, 0.6) is 17.2 Å². The SMILES string of the molecule is COc1ccc(OC(C)C(=O)OC(C)C(=O)Nc2cc(Cl)ccc2OC)cc1. The van der Waals surface area contributed by atoms with Crippen LogP contribution in [0.25, 0.3) is 0 Å². The van der Waals surface area contributed by atoms with Gasteiger partial charge in [0, 0.05) is 5.02 Å². The number of benzene rings is 2. The molecule has 0 aliphatic heterocycles. The summed E-state index contributed by atoms with van der Waals surface area (Å²) >= 11 is 5.94. The van der Waals surface area contributed by atoms with Gasteiger partial charge in [0.2, 0.25) is 0 Å². The van der Waals surface area contributed by atoms with Gasteiger partial charge in [0.25, 0.3) is 5.91 Å². The van der Waals surface area contributed by atoms with Crippen molar-refractivity contribution in [3.8, 4) is 17.2 Å². The highest BCUT2D eigenvalue weighted by Gasteiger charge is 2.24. The molecule has 8 heteroatoms. The summed E-state index contributed by atoms with van der Waals surface area (Å²) < 4.78 is 21.0.